The summed E-state index contributed by atoms with van der Waals surface area (Å²) in [5.41, 5.74) is 5.41. The van der Waals surface area contributed by atoms with Gasteiger partial charge in [0.15, 0.2) is 5.60 Å². The summed E-state index contributed by atoms with van der Waals surface area (Å²) in [6.45, 7) is 15.6. The monoisotopic (exact) mass is 729 g/mol. The zero-order chi connectivity index (χ0) is 38.7. The quantitative estimate of drug-likeness (QED) is 0.0709. The average Bonchev–Trinajstić information content (AvgIpc) is 3.40. The number of carbonyl (C=O) groups is 4. The number of hydrogen-bond acceptors (Lipinski definition) is 12. The van der Waals surface area contributed by atoms with E-state index < -0.39 is 59.7 Å². The first-order chi connectivity index (χ1) is 24.5. The second-order valence-corrected chi connectivity index (χ2v) is 13.6. The SMILES string of the molecule is C=C(CC(NC(=O)CNC(=O)[C@H](CCCCN(C)C)NC(=O)[C@@H](N)C(C)C)OCOCC)N=C1C(=C)Cn2c1cc1c(c2=O)COC(=O)[C@]1(O)CC. The van der Waals surface area contributed by atoms with Crippen LogP contribution in [0, 0.1) is 5.92 Å². The Morgan fingerprint density at radius 1 is 1.17 bits per heavy atom. The number of fused-ring (bicyclic) bond motifs is 2. The third kappa shape index (κ3) is 10.7. The highest BCUT2D eigenvalue weighted by atomic mass is 16.7. The zero-order valence-corrected chi connectivity index (χ0v) is 31.2. The van der Waals surface area contributed by atoms with Gasteiger partial charge in [-0.2, -0.15) is 0 Å². The number of aliphatic imine (C=N–C) groups is 1. The van der Waals surface area contributed by atoms with Crippen LogP contribution >= 0.6 is 0 Å². The molecular formula is C36H55N7O9. The highest BCUT2D eigenvalue weighted by molar-refractivity contribution is 6.13. The van der Waals surface area contributed by atoms with Crippen LogP contribution in [0.1, 0.15) is 76.6 Å². The van der Waals surface area contributed by atoms with Crippen molar-refractivity contribution in [2.24, 2.45) is 16.6 Å². The van der Waals surface area contributed by atoms with Crippen LogP contribution in [-0.4, -0.2) is 103 Å². The predicted octanol–water partition coefficient (Wildman–Crippen LogP) is 0.535. The van der Waals surface area contributed by atoms with E-state index in [2.05, 4.69) is 34.1 Å². The molecule has 3 amide bonds. The Morgan fingerprint density at radius 3 is 2.52 bits per heavy atom. The fourth-order valence-corrected chi connectivity index (χ4v) is 5.76. The van der Waals surface area contributed by atoms with Gasteiger partial charge >= 0.3 is 5.97 Å². The lowest BCUT2D eigenvalue weighted by Gasteiger charge is -2.31. The molecule has 2 aliphatic heterocycles. The molecule has 0 bridgehead atoms. The molecule has 3 rings (SSSR count). The number of amides is 3. The second-order valence-electron chi connectivity index (χ2n) is 13.6. The van der Waals surface area contributed by atoms with Gasteiger partial charge in [-0.3, -0.25) is 24.2 Å². The standard InChI is InChI=1S/C36H55N7O9/c1-9-36(49)25-16-27-31(22(5)18-43(27)34(47)24(25)19-51-35(36)48)39-23(6)15-29(52-20-50-10-2)41-28(44)17-38-32(45)26(13-11-12-14-42(7)8)40-33(46)30(37)21(3)4/h16,21,26,29-30,49H,5-6,9-15,17-20,37H2,1-4,7-8H3,(H,38,45)(H,40,46)(H,41,44)/t26-,29?,30-,36-/m0/s1. The third-order valence-electron chi connectivity index (χ3n) is 8.96. The van der Waals surface area contributed by atoms with Crippen molar-refractivity contribution >= 4 is 29.4 Å². The van der Waals surface area contributed by atoms with Crippen LogP contribution in [0.2, 0.25) is 0 Å². The Labute approximate surface area is 304 Å². The smallest absolute Gasteiger partial charge is 0.343 e. The Hall–Kier alpha value is -4.22. The van der Waals surface area contributed by atoms with Gasteiger partial charge in [0.25, 0.3) is 5.56 Å². The van der Waals surface area contributed by atoms with Gasteiger partial charge in [0.2, 0.25) is 17.7 Å². The summed E-state index contributed by atoms with van der Waals surface area (Å²) < 4.78 is 17.6. The van der Waals surface area contributed by atoms with Gasteiger partial charge in [0.05, 0.1) is 36.1 Å². The maximum absolute atomic E-state index is 13.4. The summed E-state index contributed by atoms with van der Waals surface area (Å²) in [5, 5.41) is 19.2. The van der Waals surface area contributed by atoms with Crippen molar-refractivity contribution in [3.8, 4) is 0 Å². The Kier molecular flexibility index (Phi) is 15.4. The van der Waals surface area contributed by atoms with E-state index in [0.29, 0.717) is 36.4 Å². The molecule has 0 spiro atoms. The number of esters is 1. The molecule has 1 aromatic rings. The number of aliphatic hydroxyl groups is 1. The molecule has 0 saturated heterocycles. The Morgan fingerprint density at radius 2 is 1.88 bits per heavy atom. The molecule has 6 N–H and O–H groups in total. The van der Waals surface area contributed by atoms with Gasteiger partial charge in [-0.15, -0.1) is 0 Å². The van der Waals surface area contributed by atoms with Crippen LogP contribution in [0.25, 0.3) is 0 Å². The first kappa shape index (κ1) is 42.2. The largest absolute Gasteiger partial charge is 0.458 e. The summed E-state index contributed by atoms with van der Waals surface area (Å²) >= 11 is 0. The molecule has 1 unspecified atom stereocenters. The van der Waals surface area contributed by atoms with Gasteiger partial charge < -0.3 is 50.5 Å². The van der Waals surface area contributed by atoms with E-state index in [1.807, 2.05) is 32.8 Å². The van der Waals surface area contributed by atoms with Crippen molar-refractivity contribution in [1.82, 2.24) is 25.4 Å². The van der Waals surface area contributed by atoms with Crippen molar-refractivity contribution in [2.45, 2.75) is 96.9 Å². The number of aromatic nitrogens is 1. The molecule has 0 radical (unpaired) electrons. The highest BCUT2D eigenvalue weighted by Gasteiger charge is 2.45. The van der Waals surface area contributed by atoms with Crippen molar-refractivity contribution in [3.63, 3.8) is 0 Å². The summed E-state index contributed by atoms with van der Waals surface area (Å²) in [6.07, 6.45) is 0.851. The molecule has 0 fully saturated rings. The number of nitrogens with one attached hydrogen (secondary N) is 3. The van der Waals surface area contributed by atoms with E-state index in [0.717, 1.165) is 13.0 Å². The van der Waals surface area contributed by atoms with Gasteiger partial charge in [-0.05, 0) is 70.8 Å². The number of hydrogen-bond donors (Lipinski definition) is 5. The minimum atomic E-state index is -1.98. The van der Waals surface area contributed by atoms with Gasteiger partial charge in [-0.25, -0.2) is 4.79 Å². The molecule has 0 saturated carbocycles. The summed E-state index contributed by atoms with van der Waals surface area (Å²) in [5.74, 6) is -2.51. The van der Waals surface area contributed by atoms with Crippen molar-refractivity contribution in [3.05, 3.63) is 57.7 Å². The molecule has 16 nitrogen and oxygen atoms in total. The first-order valence-electron chi connectivity index (χ1n) is 17.6. The zero-order valence-electron chi connectivity index (χ0n) is 31.2. The summed E-state index contributed by atoms with van der Waals surface area (Å²) in [4.78, 5) is 71.5. The number of nitrogens with zero attached hydrogens (tertiary/aromatic N) is 3. The number of carbonyl (C=O) groups excluding carboxylic acids is 4. The van der Waals surface area contributed by atoms with Crippen LogP contribution in [0.3, 0.4) is 0 Å². The Balaban J connectivity index is 1.73. The topological polar surface area (TPSA) is 216 Å². The third-order valence-corrected chi connectivity index (χ3v) is 8.96. The Bertz CT molecular complexity index is 1600. The molecule has 52 heavy (non-hydrogen) atoms. The maximum atomic E-state index is 13.4. The molecule has 0 aromatic carbocycles. The molecule has 3 heterocycles. The van der Waals surface area contributed by atoms with Crippen LogP contribution in [-0.2, 0) is 52.1 Å². The molecule has 1 aromatic heterocycles. The lowest BCUT2D eigenvalue weighted by molar-refractivity contribution is -0.172. The number of rotatable bonds is 20. The number of allylic oxidation sites excluding steroid dienone is 1. The summed E-state index contributed by atoms with van der Waals surface area (Å²) in [6, 6.07) is -0.111. The average molecular weight is 730 g/mol. The van der Waals surface area contributed by atoms with Crippen LogP contribution < -0.4 is 27.2 Å². The van der Waals surface area contributed by atoms with Crippen molar-refractivity contribution in [2.75, 3.05) is 40.6 Å². The van der Waals surface area contributed by atoms with Gasteiger partial charge in [-0.1, -0.05) is 33.9 Å². The number of unbranched alkanes of at least 4 members (excludes halogenated alkanes) is 1. The molecule has 16 heteroatoms. The number of pyridine rings is 1. The van der Waals surface area contributed by atoms with E-state index in [-0.39, 0.29) is 55.5 Å². The van der Waals surface area contributed by atoms with Gasteiger partial charge in [0, 0.05) is 24.3 Å². The van der Waals surface area contributed by atoms with E-state index in [9.17, 15) is 29.1 Å². The minimum Gasteiger partial charge on any atom is -0.458 e. The van der Waals surface area contributed by atoms with Crippen molar-refractivity contribution < 1.29 is 38.5 Å². The summed E-state index contributed by atoms with van der Waals surface area (Å²) in [7, 11) is 3.90. The fraction of sp³-hybridized carbons (Fsp3) is 0.611. The number of nitrogens with two attached hydrogens (primary N) is 1. The van der Waals surface area contributed by atoms with Crippen LogP contribution in [0.15, 0.2) is 40.3 Å². The highest BCUT2D eigenvalue weighted by Crippen LogP contribution is 2.35. The van der Waals surface area contributed by atoms with Crippen LogP contribution in [0.4, 0.5) is 0 Å². The number of ether oxygens (including phenoxy) is 3. The fourth-order valence-electron chi connectivity index (χ4n) is 5.76. The van der Waals surface area contributed by atoms with E-state index in [1.54, 1.807) is 19.9 Å². The van der Waals surface area contributed by atoms with Crippen molar-refractivity contribution in [1.29, 1.82) is 0 Å². The molecule has 4 atom stereocenters. The second kappa shape index (κ2) is 19.0. The lowest BCUT2D eigenvalue weighted by Crippen LogP contribution is -2.54. The normalized spacial score (nSPS) is 19.2. The van der Waals surface area contributed by atoms with E-state index in [1.165, 1.54) is 4.57 Å². The number of cyclic esters (lactones) is 1. The van der Waals surface area contributed by atoms with E-state index >= 15 is 0 Å². The molecule has 2 aliphatic rings. The first-order valence-corrected chi connectivity index (χ1v) is 17.6. The molecular weight excluding hydrogens is 674 g/mol. The minimum absolute atomic E-state index is 0.000767. The van der Waals surface area contributed by atoms with Crippen LogP contribution in [0.5, 0.6) is 0 Å². The molecule has 288 valence electrons. The lowest BCUT2D eigenvalue weighted by atomic mass is 9.86. The maximum Gasteiger partial charge on any atom is 0.343 e. The van der Waals surface area contributed by atoms with E-state index in [4.69, 9.17) is 19.9 Å². The predicted molar refractivity (Wildman–Crippen MR) is 194 cm³/mol. The van der Waals surface area contributed by atoms with Gasteiger partial charge in [0.1, 0.15) is 25.7 Å². The molecule has 0 aliphatic carbocycles.